The lowest BCUT2D eigenvalue weighted by molar-refractivity contribution is -0.384. The van der Waals surface area contributed by atoms with Gasteiger partial charge in [-0.3, -0.25) is 14.9 Å². The van der Waals surface area contributed by atoms with Gasteiger partial charge < -0.3 is 0 Å². The predicted molar refractivity (Wildman–Crippen MR) is 100 cm³/mol. The Hall–Kier alpha value is -3.28. The van der Waals surface area contributed by atoms with E-state index in [4.69, 9.17) is 0 Å². The first kappa shape index (κ1) is 17.5. The van der Waals surface area contributed by atoms with E-state index in [9.17, 15) is 14.9 Å². The molecule has 1 heterocycles. The summed E-state index contributed by atoms with van der Waals surface area (Å²) in [7, 11) is 0. The van der Waals surface area contributed by atoms with Gasteiger partial charge in [-0.2, -0.15) is 5.10 Å². The zero-order valence-corrected chi connectivity index (χ0v) is 14.9. The summed E-state index contributed by atoms with van der Waals surface area (Å²) in [5.41, 5.74) is 5.78. The molecule has 3 rings (SSSR count). The molecule has 0 aliphatic heterocycles. The minimum atomic E-state index is -0.447. The molecular weight excluding hydrogens is 330 g/mol. The maximum Gasteiger partial charge on any atom is 0.269 e. The number of aryl methyl sites for hydroxylation is 3. The largest absolute Gasteiger partial charge is 0.269 e. The highest BCUT2D eigenvalue weighted by molar-refractivity contribution is 5.64. The van der Waals surface area contributed by atoms with Crippen LogP contribution in [-0.2, 0) is 6.54 Å². The molecule has 2 aromatic carbocycles. The fourth-order valence-electron chi connectivity index (χ4n) is 2.84. The Labute approximate surface area is 150 Å². The van der Waals surface area contributed by atoms with Gasteiger partial charge in [-0.05, 0) is 55.2 Å². The third-order valence-electron chi connectivity index (χ3n) is 4.46. The van der Waals surface area contributed by atoms with Crippen LogP contribution in [-0.4, -0.2) is 14.7 Å². The smallest absolute Gasteiger partial charge is 0.268 e. The van der Waals surface area contributed by atoms with Crippen LogP contribution in [0.4, 0.5) is 5.69 Å². The molecule has 6 heteroatoms. The summed E-state index contributed by atoms with van der Waals surface area (Å²) in [5, 5.41) is 15.2. The summed E-state index contributed by atoms with van der Waals surface area (Å²) in [5.74, 6) is 0. The second-order valence-corrected chi connectivity index (χ2v) is 6.39. The number of non-ortho nitro benzene ring substituents is 1. The lowest BCUT2D eigenvalue weighted by Gasteiger charge is -2.11. The lowest BCUT2D eigenvalue weighted by atomic mass is 9.99. The first-order chi connectivity index (χ1) is 12.3. The van der Waals surface area contributed by atoms with E-state index in [1.54, 1.807) is 18.2 Å². The van der Waals surface area contributed by atoms with Crippen molar-refractivity contribution in [2.24, 2.45) is 0 Å². The number of nitro groups is 1. The lowest BCUT2D eigenvalue weighted by Crippen LogP contribution is -2.22. The van der Waals surface area contributed by atoms with Crippen molar-refractivity contribution < 1.29 is 4.92 Å². The van der Waals surface area contributed by atoms with E-state index in [0.717, 1.165) is 22.4 Å². The Morgan fingerprint density at radius 3 is 2.27 bits per heavy atom. The van der Waals surface area contributed by atoms with E-state index in [2.05, 4.69) is 24.2 Å². The number of hydrogen-bond donors (Lipinski definition) is 0. The first-order valence-corrected chi connectivity index (χ1v) is 8.25. The van der Waals surface area contributed by atoms with Crippen molar-refractivity contribution in [1.29, 1.82) is 0 Å². The van der Waals surface area contributed by atoms with Crippen LogP contribution in [0.2, 0.25) is 0 Å². The topological polar surface area (TPSA) is 78.0 Å². The number of rotatable bonds is 4. The standard InChI is InChI=1S/C20H19N3O3/c1-13-10-15(3)18(11-14(13)2)19-8-9-20(24)22(21-19)12-16-4-6-17(7-5-16)23(25)26/h4-11H,12H2,1-3H3. The Bertz CT molecular complexity index is 1040. The van der Waals surface area contributed by atoms with Crippen molar-refractivity contribution in [3.63, 3.8) is 0 Å². The van der Waals surface area contributed by atoms with Crippen LogP contribution in [0, 0.1) is 30.9 Å². The highest BCUT2D eigenvalue weighted by atomic mass is 16.6. The number of benzene rings is 2. The first-order valence-electron chi connectivity index (χ1n) is 8.25. The van der Waals surface area contributed by atoms with E-state index >= 15 is 0 Å². The number of hydrogen-bond acceptors (Lipinski definition) is 4. The van der Waals surface area contributed by atoms with Crippen LogP contribution < -0.4 is 5.56 Å². The van der Waals surface area contributed by atoms with E-state index in [1.807, 2.05) is 13.8 Å². The average Bonchev–Trinajstić information content (AvgIpc) is 2.60. The number of aromatic nitrogens is 2. The third kappa shape index (κ3) is 3.54. The van der Waals surface area contributed by atoms with E-state index in [0.29, 0.717) is 0 Å². The van der Waals surface area contributed by atoms with Crippen LogP contribution in [0.1, 0.15) is 22.3 Å². The predicted octanol–water partition coefficient (Wildman–Crippen LogP) is 3.79. The molecule has 3 aromatic rings. The molecule has 0 unspecified atom stereocenters. The van der Waals surface area contributed by atoms with E-state index < -0.39 is 4.92 Å². The highest BCUT2D eigenvalue weighted by Crippen LogP contribution is 2.24. The molecule has 0 saturated heterocycles. The number of nitro benzene ring substituents is 1. The fraction of sp³-hybridized carbons (Fsp3) is 0.200. The van der Waals surface area contributed by atoms with Gasteiger partial charge in [-0.15, -0.1) is 0 Å². The molecule has 0 spiro atoms. The molecule has 132 valence electrons. The van der Waals surface area contributed by atoms with Crippen LogP contribution in [0.25, 0.3) is 11.3 Å². The minimum Gasteiger partial charge on any atom is -0.268 e. The maximum atomic E-state index is 12.2. The molecule has 6 nitrogen and oxygen atoms in total. The van der Waals surface area contributed by atoms with Gasteiger partial charge in [0.1, 0.15) is 0 Å². The molecule has 0 aliphatic carbocycles. The second kappa shape index (κ2) is 6.92. The normalized spacial score (nSPS) is 10.7. The quantitative estimate of drug-likeness (QED) is 0.530. The molecule has 0 radical (unpaired) electrons. The second-order valence-electron chi connectivity index (χ2n) is 6.39. The third-order valence-corrected chi connectivity index (χ3v) is 4.46. The molecule has 0 aliphatic rings. The summed E-state index contributed by atoms with van der Waals surface area (Å²) in [6.45, 7) is 6.39. The molecule has 0 atom stereocenters. The Morgan fingerprint density at radius 1 is 0.962 bits per heavy atom. The summed E-state index contributed by atoms with van der Waals surface area (Å²) < 4.78 is 1.38. The average molecular weight is 349 g/mol. The molecule has 26 heavy (non-hydrogen) atoms. The summed E-state index contributed by atoms with van der Waals surface area (Å²) in [6, 6.07) is 13.6. The summed E-state index contributed by atoms with van der Waals surface area (Å²) in [4.78, 5) is 22.5. The zero-order chi connectivity index (χ0) is 18.8. The van der Waals surface area contributed by atoms with Crippen molar-refractivity contribution >= 4 is 5.69 Å². The Morgan fingerprint density at radius 2 is 1.62 bits per heavy atom. The molecule has 1 aromatic heterocycles. The van der Waals surface area contributed by atoms with Crippen molar-refractivity contribution in [3.8, 4) is 11.3 Å². The zero-order valence-electron chi connectivity index (χ0n) is 14.9. The minimum absolute atomic E-state index is 0.0218. The Kier molecular flexibility index (Phi) is 4.67. The van der Waals surface area contributed by atoms with Gasteiger partial charge in [0, 0.05) is 23.8 Å². The van der Waals surface area contributed by atoms with Crippen molar-refractivity contribution in [3.05, 3.63) is 91.3 Å². The van der Waals surface area contributed by atoms with Gasteiger partial charge in [-0.1, -0.05) is 18.2 Å². The van der Waals surface area contributed by atoms with Gasteiger partial charge in [0.05, 0.1) is 17.2 Å². The van der Waals surface area contributed by atoms with Crippen LogP contribution >= 0.6 is 0 Å². The monoisotopic (exact) mass is 349 g/mol. The van der Waals surface area contributed by atoms with E-state index in [1.165, 1.54) is 34.0 Å². The van der Waals surface area contributed by atoms with Crippen molar-refractivity contribution in [2.45, 2.75) is 27.3 Å². The Balaban J connectivity index is 1.97. The van der Waals surface area contributed by atoms with Gasteiger partial charge in [0.15, 0.2) is 0 Å². The molecule has 0 N–H and O–H groups in total. The highest BCUT2D eigenvalue weighted by Gasteiger charge is 2.10. The molecule has 0 fully saturated rings. The number of nitrogens with zero attached hydrogens (tertiary/aromatic N) is 3. The molecular formula is C20H19N3O3. The maximum absolute atomic E-state index is 12.2. The van der Waals surface area contributed by atoms with Crippen molar-refractivity contribution in [2.75, 3.05) is 0 Å². The van der Waals surface area contributed by atoms with Gasteiger partial charge in [-0.25, -0.2) is 4.68 Å². The van der Waals surface area contributed by atoms with Gasteiger partial charge in [0.2, 0.25) is 0 Å². The summed E-state index contributed by atoms with van der Waals surface area (Å²) in [6.07, 6.45) is 0. The van der Waals surface area contributed by atoms with Crippen LogP contribution in [0.5, 0.6) is 0 Å². The molecule has 0 amide bonds. The van der Waals surface area contributed by atoms with Gasteiger partial charge in [0.25, 0.3) is 11.2 Å². The SMILES string of the molecule is Cc1cc(C)c(-c2ccc(=O)n(Cc3ccc([N+](=O)[O-])cc3)n2)cc1C. The fourth-order valence-corrected chi connectivity index (χ4v) is 2.84. The van der Waals surface area contributed by atoms with Crippen LogP contribution in [0.3, 0.4) is 0 Å². The molecule has 0 bridgehead atoms. The summed E-state index contributed by atoms with van der Waals surface area (Å²) >= 11 is 0. The van der Waals surface area contributed by atoms with Crippen LogP contribution in [0.15, 0.2) is 53.3 Å². The van der Waals surface area contributed by atoms with Gasteiger partial charge >= 0.3 is 0 Å². The van der Waals surface area contributed by atoms with E-state index in [-0.39, 0.29) is 17.8 Å². The van der Waals surface area contributed by atoms with Crippen molar-refractivity contribution in [1.82, 2.24) is 9.78 Å². The molecule has 0 saturated carbocycles.